The predicted molar refractivity (Wildman–Crippen MR) is 106 cm³/mol. The number of aliphatic imine (C=N–C) groups is 1. The van der Waals surface area contributed by atoms with Crippen LogP contribution in [0.3, 0.4) is 0 Å². The van der Waals surface area contributed by atoms with Crippen molar-refractivity contribution < 1.29 is 13.2 Å². The van der Waals surface area contributed by atoms with Crippen LogP contribution in [-0.2, 0) is 17.1 Å². The summed E-state index contributed by atoms with van der Waals surface area (Å²) in [6.45, 7) is 3.76. The van der Waals surface area contributed by atoms with E-state index in [9.17, 15) is 8.42 Å². The van der Waals surface area contributed by atoms with Gasteiger partial charge in [0.1, 0.15) is 11.6 Å². The van der Waals surface area contributed by atoms with Crippen molar-refractivity contribution in [3.63, 3.8) is 0 Å². The number of aromatic nitrogens is 2. The lowest BCUT2D eigenvalue weighted by Crippen LogP contribution is -2.14. The van der Waals surface area contributed by atoms with Crippen LogP contribution < -0.4 is 15.2 Å². The highest BCUT2D eigenvalue weighted by Crippen LogP contribution is 2.31. The molecule has 3 N–H and O–H groups in total. The number of hydrogen-bond acceptors (Lipinski definition) is 5. The number of amidine groups is 1. The van der Waals surface area contributed by atoms with Gasteiger partial charge in [0.15, 0.2) is 0 Å². The summed E-state index contributed by atoms with van der Waals surface area (Å²) in [5.41, 5.74) is 3.23. The zero-order chi connectivity index (χ0) is 19.8. The van der Waals surface area contributed by atoms with Gasteiger partial charge in [-0.2, -0.15) is 5.10 Å². The third-order valence-corrected chi connectivity index (χ3v) is 5.11. The number of anilines is 1. The monoisotopic (exact) mass is 387 g/mol. The van der Waals surface area contributed by atoms with Crippen molar-refractivity contribution in [3.8, 4) is 5.75 Å². The smallest absolute Gasteiger partial charge is 0.238 e. The molecule has 0 aliphatic heterocycles. The number of hydrogen-bond donors (Lipinski definition) is 2. The zero-order valence-electron chi connectivity index (χ0n) is 15.5. The number of benzene rings is 2. The van der Waals surface area contributed by atoms with Gasteiger partial charge in [-0.1, -0.05) is 6.07 Å². The van der Waals surface area contributed by atoms with Crippen molar-refractivity contribution >= 4 is 38.1 Å². The number of fused-ring (bicyclic) bond motifs is 1. The summed E-state index contributed by atoms with van der Waals surface area (Å²) in [4.78, 5) is 4.67. The molecular weight excluding hydrogens is 366 g/mol. The molecule has 0 radical (unpaired) electrons. The molecule has 3 rings (SSSR count). The summed E-state index contributed by atoms with van der Waals surface area (Å²) >= 11 is 0. The van der Waals surface area contributed by atoms with Gasteiger partial charge in [-0.15, -0.1) is 0 Å². The topological polar surface area (TPSA) is 112 Å². The molecule has 0 bridgehead atoms. The van der Waals surface area contributed by atoms with Gasteiger partial charge in [-0.05, 0) is 43.7 Å². The highest BCUT2D eigenvalue weighted by molar-refractivity contribution is 7.89. The highest BCUT2D eigenvalue weighted by Gasteiger charge is 2.13. The van der Waals surface area contributed by atoms with Crippen molar-refractivity contribution in [1.29, 1.82) is 0 Å². The first kappa shape index (κ1) is 18.9. The van der Waals surface area contributed by atoms with Gasteiger partial charge in [0.25, 0.3) is 0 Å². The van der Waals surface area contributed by atoms with E-state index in [1.807, 2.05) is 26.1 Å². The van der Waals surface area contributed by atoms with Crippen molar-refractivity contribution in [1.82, 2.24) is 9.78 Å². The summed E-state index contributed by atoms with van der Waals surface area (Å²) in [7, 11) is -0.445. The van der Waals surface area contributed by atoms with Crippen LogP contribution in [0.1, 0.15) is 12.5 Å². The van der Waals surface area contributed by atoms with E-state index in [-0.39, 0.29) is 4.90 Å². The molecule has 2 aromatic carbocycles. The molecule has 0 unspecified atom stereocenters. The molecule has 0 saturated carbocycles. The van der Waals surface area contributed by atoms with E-state index in [4.69, 9.17) is 9.88 Å². The van der Waals surface area contributed by atoms with Gasteiger partial charge in [-0.25, -0.2) is 18.5 Å². The number of sulfonamides is 1. The lowest BCUT2D eigenvalue weighted by Gasteiger charge is -2.13. The van der Waals surface area contributed by atoms with Gasteiger partial charge in [0.05, 0.1) is 35.1 Å². The van der Waals surface area contributed by atoms with Gasteiger partial charge < -0.3 is 10.1 Å². The Morgan fingerprint density at radius 1 is 1.30 bits per heavy atom. The van der Waals surface area contributed by atoms with Crippen molar-refractivity contribution in [2.75, 3.05) is 12.4 Å². The fourth-order valence-electron chi connectivity index (χ4n) is 2.82. The van der Waals surface area contributed by atoms with Crippen LogP contribution in [0, 0.1) is 6.92 Å². The van der Waals surface area contributed by atoms with Crippen LogP contribution in [0.5, 0.6) is 5.75 Å². The van der Waals surface area contributed by atoms with Crippen LogP contribution in [0.2, 0.25) is 0 Å². The van der Waals surface area contributed by atoms with Crippen LogP contribution in [0.15, 0.2) is 46.4 Å². The third-order valence-electron chi connectivity index (χ3n) is 4.20. The molecule has 9 heteroatoms. The molecule has 1 heterocycles. The fraction of sp³-hybridized carbons (Fsp3) is 0.222. The Morgan fingerprint density at radius 2 is 2.04 bits per heavy atom. The number of methoxy groups -OCH3 is 1. The highest BCUT2D eigenvalue weighted by atomic mass is 32.2. The SMILES string of the molecule is COc1ccc(S(N)(=O)=O)cc1NC(C)=Nc1c(C)ccc2c1cnn2C. The van der Waals surface area contributed by atoms with E-state index in [1.54, 1.807) is 23.9 Å². The van der Waals surface area contributed by atoms with Gasteiger partial charge in [0.2, 0.25) is 10.0 Å². The maximum absolute atomic E-state index is 11.6. The largest absolute Gasteiger partial charge is 0.495 e. The minimum atomic E-state index is -3.82. The second kappa shape index (κ2) is 7.01. The van der Waals surface area contributed by atoms with Crippen LogP contribution in [0.4, 0.5) is 11.4 Å². The van der Waals surface area contributed by atoms with E-state index in [0.29, 0.717) is 17.3 Å². The molecule has 0 spiro atoms. The molecule has 0 atom stereocenters. The molecular formula is C18H21N5O3S. The minimum Gasteiger partial charge on any atom is -0.495 e. The van der Waals surface area contributed by atoms with Crippen molar-refractivity contribution in [2.45, 2.75) is 18.7 Å². The Bertz CT molecular complexity index is 1150. The first-order valence-corrected chi connectivity index (χ1v) is 9.70. The average molecular weight is 387 g/mol. The Morgan fingerprint density at radius 3 is 2.70 bits per heavy atom. The minimum absolute atomic E-state index is 0.0101. The summed E-state index contributed by atoms with van der Waals surface area (Å²) < 4.78 is 30.3. The summed E-state index contributed by atoms with van der Waals surface area (Å²) in [5, 5.41) is 13.5. The number of nitrogens with zero attached hydrogens (tertiary/aromatic N) is 3. The van der Waals surface area contributed by atoms with E-state index < -0.39 is 10.0 Å². The van der Waals surface area contributed by atoms with Crippen molar-refractivity contribution in [3.05, 3.63) is 42.1 Å². The molecule has 27 heavy (non-hydrogen) atoms. The van der Waals surface area contributed by atoms with E-state index in [0.717, 1.165) is 22.2 Å². The standard InChI is InChI=1S/C18H21N5O3S/c1-11-5-7-16-14(10-20-23(16)3)18(11)22-12(2)21-15-9-13(27(19,24)25)6-8-17(15)26-4/h5-10H,1-4H3,(H,21,22)(H2,19,24,25). The molecule has 8 nitrogen and oxygen atoms in total. The van der Waals surface area contributed by atoms with Gasteiger partial charge >= 0.3 is 0 Å². The maximum Gasteiger partial charge on any atom is 0.238 e. The first-order valence-electron chi connectivity index (χ1n) is 8.15. The second-order valence-electron chi connectivity index (χ2n) is 6.16. The lowest BCUT2D eigenvalue weighted by atomic mass is 10.1. The fourth-order valence-corrected chi connectivity index (χ4v) is 3.36. The predicted octanol–water partition coefficient (Wildman–Crippen LogP) is 2.70. The normalized spacial score (nSPS) is 12.4. The Balaban J connectivity index is 2.03. The van der Waals surface area contributed by atoms with Crippen LogP contribution in [-0.4, -0.2) is 31.1 Å². The third kappa shape index (κ3) is 3.79. The van der Waals surface area contributed by atoms with E-state index >= 15 is 0 Å². The molecule has 0 amide bonds. The number of ether oxygens (including phenoxy) is 1. The number of rotatable bonds is 4. The summed E-state index contributed by atoms with van der Waals surface area (Å²) in [6.07, 6.45) is 1.77. The lowest BCUT2D eigenvalue weighted by molar-refractivity contribution is 0.416. The molecule has 142 valence electrons. The molecule has 1 aromatic heterocycles. The van der Waals surface area contributed by atoms with Crippen LogP contribution >= 0.6 is 0 Å². The Kier molecular flexibility index (Phi) is 4.90. The van der Waals surface area contributed by atoms with Crippen molar-refractivity contribution in [2.24, 2.45) is 17.2 Å². The second-order valence-corrected chi connectivity index (χ2v) is 7.72. The molecule has 0 aliphatic rings. The number of nitrogens with two attached hydrogens (primary N) is 1. The zero-order valence-corrected chi connectivity index (χ0v) is 16.3. The van der Waals surface area contributed by atoms with Crippen LogP contribution in [0.25, 0.3) is 10.9 Å². The number of aryl methyl sites for hydroxylation is 2. The average Bonchev–Trinajstić information content (AvgIpc) is 2.98. The Labute approximate surface area is 157 Å². The number of primary sulfonamides is 1. The van der Waals surface area contributed by atoms with E-state index in [1.165, 1.54) is 19.2 Å². The first-order chi connectivity index (χ1) is 12.7. The molecule has 3 aromatic rings. The quantitative estimate of drug-likeness (QED) is 0.528. The summed E-state index contributed by atoms with van der Waals surface area (Å²) in [5.74, 6) is 1.05. The molecule has 0 fully saturated rings. The van der Waals surface area contributed by atoms with E-state index in [2.05, 4.69) is 15.4 Å². The van der Waals surface area contributed by atoms with Gasteiger partial charge in [-0.3, -0.25) is 4.68 Å². The molecule has 0 saturated heterocycles. The number of nitrogens with one attached hydrogen (secondary N) is 1. The van der Waals surface area contributed by atoms with Gasteiger partial charge in [0, 0.05) is 12.4 Å². The molecule has 0 aliphatic carbocycles. The Hall–Kier alpha value is -2.91. The summed E-state index contributed by atoms with van der Waals surface area (Å²) in [6, 6.07) is 8.34. The maximum atomic E-state index is 11.6.